The standard InChI is InChI=1S/C38H47ClFN10O5P/c1-23(40)35(51)45-28-20-29(46-36-43-22-25(39)34(47-36)44-27-9-8-26-32(42-13-12-41-26)33(27)56(6,7)53)31(54-5)21-30(28)49-14-10-24(11-15-49)48-16-18-50(19-17-48)37(52)55-38(2,3)4/h8-9,12-13,20-22,24H,1,10-11,14-19H2,2-7H3,(H,45,51)(H2,43,44,46,47). The summed E-state index contributed by atoms with van der Waals surface area (Å²) in [6.07, 6.45) is 5.91. The summed E-state index contributed by atoms with van der Waals surface area (Å²) in [5.41, 5.74) is 2.42. The van der Waals surface area contributed by atoms with E-state index in [-0.39, 0.29) is 22.9 Å². The van der Waals surface area contributed by atoms with Gasteiger partial charge in [-0.1, -0.05) is 18.2 Å². The molecule has 3 N–H and O–H groups in total. The molecule has 0 spiro atoms. The van der Waals surface area contributed by atoms with Crippen LogP contribution in [0.15, 0.2) is 55.3 Å². The van der Waals surface area contributed by atoms with Crippen molar-refractivity contribution >= 4 is 81.6 Å². The molecule has 0 unspecified atom stereocenters. The summed E-state index contributed by atoms with van der Waals surface area (Å²) in [5, 5.41) is 9.71. The topological polar surface area (TPSA) is 167 Å². The third-order valence-electron chi connectivity index (χ3n) is 9.50. The van der Waals surface area contributed by atoms with Crippen LogP contribution in [0.3, 0.4) is 0 Å². The van der Waals surface area contributed by atoms with Crippen molar-refractivity contribution in [2.45, 2.75) is 45.3 Å². The maximum absolute atomic E-state index is 14.0. The molecule has 18 heteroatoms. The normalized spacial score (nSPS) is 15.7. The smallest absolute Gasteiger partial charge is 0.410 e. The largest absolute Gasteiger partial charge is 0.494 e. The van der Waals surface area contributed by atoms with Gasteiger partial charge in [0, 0.05) is 63.8 Å². The summed E-state index contributed by atoms with van der Waals surface area (Å²) in [7, 11) is -1.35. The van der Waals surface area contributed by atoms with Gasteiger partial charge in [-0.05, 0) is 65.1 Å². The highest BCUT2D eigenvalue weighted by Crippen LogP contribution is 2.42. The lowest BCUT2D eigenvalue weighted by atomic mass is 10.0. The Morgan fingerprint density at radius 1 is 0.964 bits per heavy atom. The third kappa shape index (κ3) is 9.48. The van der Waals surface area contributed by atoms with Crippen LogP contribution in [0.25, 0.3) is 11.0 Å². The Bertz CT molecular complexity index is 2180. The lowest BCUT2D eigenvalue weighted by Crippen LogP contribution is -2.55. The molecule has 4 heterocycles. The Labute approximate surface area is 330 Å². The predicted molar refractivity (Wildman–Crippen MR) is 219 cm³/mol. The van der Waals surface area contributed by atoms with Gasteiger partial charge in [0.15, 0.2) is 11.6 Å². The van der Waals surface area contributed by atoms with Gasteiger partial charge < -0.3 is 39.8 Å². The molecule has 2 amide bonds. The second-order valence-corrected chi connectivity index (χ2v) is 18.6. The number of amides is 2. The number of nitrogens with zero attached hydrogens (tertiary/aromatic N) is 7. The second kappa shape index (κ2) is 16.6. The molecular weight excluding hydrogens is 762 g/mol. The Balaban J connectivity index is 1.21. The number of anilines is 6. The van der Waals surface area contributed by atoms with Gasteiger partial charge in [-0.2, -0.15) is 4.98 Å². The lowest BCUT2D eigenvalue weighted by Gasteiger charge is -2.43. The van der Waals surface area contributed by atoms with Gasteiger partial charge >= 0.3 is 6.09 Å². The zero-order valence-corrected chi connectivity index (χ0v) is 34.0. The molecular formula is C38H47ClFN10O5P. The van der Waals surface area contributed by atoms with Gasteiger partial charge in [0.1, 0.15) is 29.0 Å². The number of nitrogens with one attached hydrogen (secondary N) is 3. The van der Waals surface area contributed by atoms with Crippen molar-refractivity contribution in [2.75, 3.05) is 80.6 Å². The molecule has 2 aromatic heterocycles. The first-order chi connectivity index (χ1) is 26.5. The van der Waals surface area contributed by atoms with Crippen molar-refractivity contribution in [3.05, 3.63) is 60.3 Å². The minimum Gasteiger partial charge on any atom is -0.494 e. The van der Waals surface area contributed by atoms with Crippen molar-refractivity contribution in [1.29, 1.82) is 0 Å². The van der Waals surface area contributed by atoms with E-state index in [1.807, 2.05) is 20.8 Å². The van der Waals surface area contributed by atoms with Crippen LogP contribution in [0.2, 0.25) is 5.02 Å². The van der Waals surface area contributed by atoms with Crippen LogP contribution in [0.1, 0.15) is 33.6 Å². The van der Waals surface area contributed by atoms with Crippen LogP contribution in [-0.4, -0.2) is 113 Å². The third-order valence-corrected chi connectivity index (χ3v) is 11.3. The molecule has 56 heavy (non-hydrogen) atoms. The Hall–Kier alpha value is -5.05. The van der Waals surface area contributed by atoms with E-state index in [2.05, 4.69) is 52.3 Å². The van der Waals surface area contributed by atoms with Crippen LogP contribution >= 0.6 is 18.7 Å². The number of aromatic nitrogens is 4. The van der Waals surface area contributed by atoms with Crippen molar-refractivity contribution in [2.24, 2.45) is 0 Å². The fourth-order valence-electron chi connectivity index (χ4n) is 6.89. The van der Waals surface area contributed by atoms with Crippen molar-refractivity contribution < 1.29 is 28.0 Å². The van der Waals surface area contributed by atoms with Crippen LogP contribution < -0.4 is 30.9 Å². The van der Waals surface area contributed by atoms with Gasteiger partial charge in [-0.25, -0.2) is 14.2 Å². The molecule has 2 fully saturated rings. The first kappa shape index (κ1) is 40.6. The highest BCUT2D eigenvalue weighted by Gasteiger charge is 2.32. The summed E-state index contributed by atoms with van der Waals surface area (Å²) in [6, 6.07) is 7.23. The zero-order valence-electron chi connectivity index (χ0n) is 32.4. The molecule has 2 saturated heterocycles. The zero-order chi connectivity index (χ0) is 40.4. The molecule has 0 aliphatic carbocycles. The number of fused-ring (bicyclic) bond motifs is 1. The number of hydrogen-bond acceptors (Lipinski definition) is 13. The molecule has 2 aliphatic rings. The van der Waals surface area contributed by atoms with Gasteiger partial charge in [0.2, 0.25) is 5.95 Å². The molecule has 15 nitrogen and oxygen atoms in total. The minimum atomic E-state index is -2.87. The minimum absolute atomic E-state index is 0.126. The first-order valence-electron chi connectivity index (χ1n) is 18.2. The molecule has 0 bridgehead atoms. The summed E-state index contributed by atoms with van der Waals surface area (Å²) in [5.74, 6) is -1.34. The number of carbonyl (C=O) groups excluding carboxylic acids is 2. The van der Waals surface area contributed by atoms with Gasteiger partial charge in [-0.3, -0.25) is 19.7 Å². The fraction of sp³-hybridized carbons (Fsp3) is 0.421. The van der Waals surface area contributed by atoms with Crippen LogP contribution in [0.4, 0.5) is 43.7 Å². The highest BCUT2D eigenvalue weighted by atomic mass is 35.5. The number of carbonyl (C=O) groups is 2. The molecule has 0 atom stereocenters. The molecule has 0 radical (unpaired) electrons. The number of rotatable bonds is 10. The van der Waals surface area contributed by atoms with E-state index in [9.17, 15) is 18.5 Å². The molecule has 4 aromatic rings. The number of methoxy groups -OCH3 is 1. The number of hydrogen-bond donors (Lipinski definition) is 3. The molecule has 2 aromatic carbocycles. The maximum atomic E-state index is 14.0. The number of piperidine rings is 1. The summed E-state index contributed by atoms with van der Waals surface area (Å²) < 4.78 is 38.9. The number of piperazine rings is 1. The summed E-state index contributed by atoms with van der Waals surface area (Å²) in [6.45, 7) is 16.1. The van der Waals surface area contributed by atoms with Gasteiger partial charge in [-0.15, -0.1) is 0 Å². The highest BCUT2D eigenvalue weighted by molar-refractivity contribution is 7.71. The quantitative estimate of drug-likeness (QED) is 0.114. The van der Waals surface area contributed by atoms with E-state index >= 15 is 0 Å². The van der Waals surface area contributed by atoms with Crippen molar-refractivity contribution in [3.8, 4) is 5.75 Å². The van der Waals surface area contributed by atoms with Gasteiger partial charge in [0.05, 0.1) is 46.9 Å². The molecule has 0 saturated carbocycles. The number of ether oxygens (including phenoxy) is 2. The fourth-order valence-corrected chi connectivity index (χ4v) is 8.42. The Kier molecular flexibility index (Phi) is 12.0. The van der Waals surface area contributed by atoms with Crippen LogP contribution in [0.5, 0.6) is 5.75 Å². The summed E-state index contributed by atoms with van der Waals surface area (Å²) >= 11 is 6.55. The van der Waals surface area contributed by atoms with Crippen LogP contribution in [-0.2, 0) is 14.1 Å². The van der Waals surface area contributed by atoms with E-state index in [1.54, 1.807) is 54.9 Å². The molecule has 2 aliphatic heterocycles. The Morgan fingerprint density at radius 2 is 1.66 bits per heavy atom. The second-order valence-electron chi connectivity index (χ2n) is 15.0. The first-order valence-corrected chi connectivity index (χ1v) is 21.2. The monoisotopic (exact) mass is 808 g/mol. The van der Waals surface area contributed by atoms with E-state index in [0.29, 0.717) is 77.1 Å². The molecule has 298 valence electrons. The lowest BCUT2D eigenvalue weighted by molar-refractivity contribution is -0.114. The van der Waals surface area contributed by atoms with E-state index in [0.717, 1.165) is 25.9 Å². The molecule has 6 rings (SSSR count). The van der Waals surface area contributed by atoms with Gasteiger partial charge in [0.25, 0.3) is 5.91 Å². The van der Waals surface area contributed by atoms with Crippen LogP contribution in [0, 0.1) is 0 Å². The van der Waals surface area contributed by atoms with Crippen molar-refractivity contribution in [1.82, 2.24) is 29.7 Å². The average Bonchev–Trinajstić information content (AvgIpc) is 3.15. The average molecular weight is 809 g/mol. The Morgan fingerprint density at radius 3 is 2.30 bits per heavy atom. The SMILES string of the molecule is C=C(F)C(=O)Nc1cc(Nc2ncc(Cl)c(Nc3ccc4nccnc4c3P(C)(C)=O)n2)c(OC)cc1N1CCC(N2CCN(C(=O)OC(C)(C)C)CC2)CC1. The van der Waals surface area contributed by atoms with E-state index < -0.39 is 24.5 Å². The summed E-state index contributed by atoms with van der Waals surface area (Å²) in [4.78, 5) is 49.3. The predicted octanol–water partition coefficient (Wildman–Crippen LogP) is 6.76. The van der Waals surface area contributed by atoms with E-state index in [1.165, 1.54) is 13.3 Å². The number of halogens is 2. The van der Waals surface area contributed by atoms with E-state index in [4.69, 9.17) is 21.1 Å². The van der Waals surface area contributed by atoms with Crippen molar-refractivity contribution in [3.63, 3.8) is 0 Å². The maximum Gasteiger partial charge on any atom is 0.410 e. The number of benzene rings is 2.